The van der Waals surface area contributed by atoms with Crippen LogP contribution in [-0.4, -0.2) is 28.4 Å². The van der Waals surface area contributed by atoms with Crippen molar-refractivity contribution in [2.75, 3.05) is 13.6 Å². The predicted molar refractivity (Wildman–Crippen MR) is 77.0 cm³/mol. The fourth-order valence-corrected chi connectivity index (χ4v) is 2.42. The lowest BCUT2D eigenvalue weighted by Crippen LogP contribution is -2.24. The minimum atomic E-state index is 0.543. The Bertz CT molecular complexity index is 478. The number of rotatable bonds is 7. The maximum atomic E-state index is 4.37. The standard InChI is InChI=1S/C15H22N4/c1-3-19-15(17-12-18-19)10-14(11-16-2)9-13-7-5-4-6-8-13/h4-8,12,14,16H,3,9-11H2,1-2H3. The lowest BCUT2D eigenvalue weighted by atomic mass is 9.96. The van der Waals surface area contributed by atoms with E-state index in [-0.39, 0.29) is 0 Å². The van der Waals surface area contributed by atoms with Gasteiger partial charge in [-0.3, -0.25) is 4.68 Å². The molecule has 102 valence electrons. The van der Waals surface area contributed by atoms with Crippen LogP contribution in [0.2, 0.25) is 0 Å². The van der Waals surface area contributed by atoms with Crippen molar-refractivity contribution < 1.29 is 0 Å². The first-order chi connectivity index (χ1) is 9.33. The van der Waals surface area contributed by atoms with E-state index in [1.165, 1.54) is 5.56 Å². The van der Waals surface area contributed by atoms with Gasteiger partial charge in [-0.25, -0.2) is 4.98 Å². The molecule has 0 spiro atoms. The molecule has 1 heterocycles. The molecule has 1 atom stereocenters. The SMILES string of the molecule is CCn1ncnc1CC(CNC)Cc1ccccc1. The molecule has 2 rings (SSSR count). The minimum absolute atomic E-state index is 0.543. The van der Waals surface area contributed by atoms with Crippen molar-refractivity contribution >= 4 is 0 Å². The quantitative estimate of drug-likeness (QED) is 0.825. The summed E-state index contributed by atoms with van der Waals surface area (Å²) < 4.78 is 1.98. The lowest BCUT2D eigenvalue weighted by molar-refractivity contribution is 0.464. The molecule has 4 heteroatoms. The Morgan fingerprint density at radius 1 is 1.21 bits per heavy atom. The molecule has 0 saturated heterocycles. The van der Waals surface area contributed by atoms with Crippen molar-refractivity contribution in [1.29, 1.82) is 0 Å². The number of hydrogen-bond donors (Lipinski definition) is 1. The van der Waals surface area contributed by atoms with Crippen molar-refractivity contribution in [3.63, 3.8) is 0 Å². The van der Waals surface area contributed by atoms with Gasteiger partial charge in [0.25, 0.3) is 0 Å². The van der Waals surface area contributed by atoms with Crippen LogP contribution in [0, 0.1) is 5.92 Å². The second-order valence-corrected chi connectivity index (χ2v) is 4.81. The van der Waals surface area contributed by atoms with Gasteiger partial charge in [-0.2, -0.15) is 5.10 Å². The van der Waals surface area contributed by atoms with Crippen molar-refractivity contribution in [3.8, 4) is 0 Å². The van der Waals surface area contributed by atoms with E-state index in [0.29, 0.717) is 5.92 Å². The topological polar surface area (TPSA) is 42.7 Å². The van der Waals surface area contributed by atoms with Crippen LogP contribution in [-0.2, 0) is 19.4 Å². The first kappa shape index (κ1) is 13.7. The zero-order valence-electron chi connectivity index (χ0n) is 11.7. The Morgan fingerprint density at radius 3 is 2.68 bits per heavy atom. The molecule has 0 aliphatic rings. The van der Waals surface area contributed by atoms with Crippen LogP contribution in [0.1, 0.15) is 18.3 Å². The number of hydrogen-bond acceptors (Lipinski definition) is 3. The molecule has 2 aromatic rings. The van der Waals surface area contributed by atoms with E-state index in [1.807, 2.05) is 11.7 Å². The average molecular weight is 258 g/mol. The molecule has 19 heavy (non-hydrogen) atoms. The van der Waals surface area contributed by atoms with Gasteiger partial charge in [-0.05, 0) is 38.4 Å². The van der Waals surface area contributed by atoms with Crippen molar-refractivity contribution in [1.82, 2.24) is 20.1 Å². The largest absolute Gasteiger partial charge is 0.319 e. The summed E-state index contributed by atoms with van der Waals surface area (Å²) in [6, 6.07) is 10.6. The van der Waals surface area contributed by atoms with E-state index in [0.717, 1.165) is 31.8 Å². The van der Waals surface area contributed by atoms with Crippen molar-refractivity contribution in [2.45, 2.75) is 26.3 Å². The molecule has 0 fully saturated rings. The molecular formula is C15H22N4. The summed E-state index contributed by atoms with van der Waals surface area (Å²) in [5, 5.41) is 7.52. The van der Waals surface area contributed by atoms with Crippen LogP contribution in [0.4, 0.5) is 0 Å². The molecule has 0 bridgehead atoms. The van der Waals surface area contributed by atoms with Gasteiger partial charge in [0.1, 0.15) is 12.2 Å². The molecule has 4 nitrogen and oxygen atoms in total. The van der Waals surface area contributed by atoms with Gasteiger partial charge >= 0.3 is 0 Å². The summed E-state index contributed by atoms with van der Waals surface area (Å²) in [5.41, 5.74) is 1.38. The second kappa shape index (κ2) is 7.04. The van der Waals surface area contributed by atoms with Crippen molar-refractivity contribution in [3.05, 3.63) is 48.0 Å². The van der Waals surface area contributed by atoms with Gasteiger partial charge in [-0.15, -0.1) is 0 Å². The number of nitrogens with zero attached hydrogens (tertiary/aromatic N) is 3. The summed E-state index contributed by atoms with van der Waals surface area (Å²) >= 11 is 0. The molecule has 1 unspecified atom stereocenters. The third kappa shape index (κ3) is 3.89. The molecule has 0 amide bonds. The molecule has 0 radical (unpaired) electrons. The highest BCUT2D eigenvalue weighted by Gasteiger charge is 2.13. The van der Waals surface area contributed by atoms with Gasteiger partial charge in [0, 0.05) is 13.0 Å². The molecule has 1 N–H and O–H groups in total. The summed E-state index contributed by atoms with van der Waals surface area (Å²) in [6.45, 7) is 3.97. The van der Waals surface area contributed by atoms with Crippen LogP contribution < -0.4 is 5.32 Å². The monoisotopic (exact) mass is 258 g/mol. The second-order valence-electron chi connectivity index (χ2n) is 4.81. The highest BCUT2D eigenvalue weighted by atomic mass is 15.3. The van der Waals surface area contributed by atoms with Crippen molar-refractivity contribution in [2.24, 2.45) is 5.92 Å². The first-order valence-electron chi connectivity index (χ1n) is 6.88. The van der Waals surface area contributed by atoms with E-state index in [2.05, 4.69) is 52.7 Å². The third-order valence-electron chi connectivity index (χ3n) is 3.33. The third-order valence-corrected chi connectivity index (χ3v) is 3.33. The summed E-state index contributed by atoms with van der Waals surface area (Å²) in [4.78, 5) is 4.37. The van der Waals surface area contributed by atoms with Gasteiger partial charge in [0.2, 0.25) is 0 Å². The normalized spacial score (nSPS) is 12.5. The molecule has 1 aromatic carbocycles. The zero-order chi connectivity index (χ0) is 13.5. The Balaban J connectivity index is 2.04. The zero-order valence-corrected chi connectivity index (χ0v) is 11.7. The van der Waals surface area contributed by atoms with E-state index >= 15 is 0 Å². The predicted octanol–water partition coefficient (Wildman–Crippen LogP) is 1.92. The minimum Gasteiger partial charge on any atom is -0.319 e. The summed E-state index contributed by atoms with van der Waals surface area (Å²) in [7, 11) is 2.00. The fourth-order valence-electron chi connectivity index (χ4n) is 2.42. The smallest absolute Gasteiger partial charge is 0.138 e. The molecule has 1 aromatic heterocycles. The van der Waals surface area contributed by atoms with Crippen LogP contribution in [0.3, 0.4) is 0 Å². The number of aromatic nitrogens is 3. The number of aryl methyl sites for hydroxylation is 1. The van der Waals surface area contributed by atoms with Gasteiger partial charge in [-0.1, -0.05) is 30.3 Å². The van der Waals surface area contributed by atoms with Crippen LogP contribution in [0.25, 0.3) is 0 Å². The van der Waals surface area contributed by atoms with E-state index in [4.69, 9.17) is 0 Å². The van der Waals surface area contributed by atoms with Gasteiger partial charge in [0.15, 0.2) is 0 Å². The van der Waals surface area contributed by atoms with Crippen LogP contribution in [0.15, 0.2) is 36.7 Å². The number of nitrogens with one attached hydrogen (secondary N) is 1. The Morgan fingerprint density at radius 2 is 2.00 bits per heavy atom. The summed E-state index contributed by atoms with van der Waals surface area (Å²) in [6.07, 6.45) is 3.68. The molecule has 0 aliphatic heterocycles. The van der Waals surface area contributed by atoms with Gasteiger partial charge < -0.3 is 5.32 Å². The lowest BCUT2D eigenvalue weighted by Gasteiger charge is -2.16. The van der Waals surface area contributed by atoms with E-state index in [9.17, 15) is 0 Å². The summed E-state index contributed by atoms with van der Waals surface area (Å²) in [5.74, 6) is 1.63. The van der Waals surface area contributed by atoms with Crippen LogP contribution in [0.5, 0.6) is 0 Å². The van der Waals surface area contributed by atoms with Gasteiger partial charge in [0.05, 0.1) is 0 Å². The first-order valence-corrected chi connectivity index (χ1v) is 6.88. The maximum Gasteiger partial charge on any atom is 0.138 e. The number of benzene rings is 1. The maximum absolute atomic E-state index is 4.37. The average Bonchev–Trinajstić information content (AvgIpc) is 2.87. The van der Waals surface area contributed by atoms with E-state index < -0.39 is 0 Å². The Labute approximate surface area is 114 Å². The highest BCUT2D eigenvalue weighted by molar-refractivity contribution is 5.15. The van der Waals surface area contributed by atoms with E-state index in [1.54, 1.807) is 6.33 Å². The Kier molecular flexibility index (Phi) is 5.10. The highest BCUT2D eigenvalue weighted by Crippen LogP contribution is 2.13. The Hall–Kier alpha value is -1.68. The molecule has 0 saturated carbocycles. The van der Waals surface area contributed by atoms with Crippen LogP contribution >= 0.6 is 0 Å². The fraction of sp³-hybridized carbons (Fsp3) is 0.467. The molecular weight excluding hydrogens is 236 g/mol. The molecule has 0 aliphatic carbocycles.